The van der Waals surface area contributed by atoms with Gasteiger partial charge in [0.1, 0.15) is 6.10 Å². The lowest BCUT2D eigenvalue weighted by Crippen LogP contribution is -2.24. The first kappa shape index (κ1) is 8.02. The monoisotopic (exact) mass is 162 g/mol. The quantitative estimate of drug-likeness (QED) is 0.456. The van der Waals surface area contributed by atoms with Gasteiger partial charge in [0.05, 0.1) is 0 Å². The van der Waals surface area contributed by atoms with Gasteiger partial charge in [-0.15, -0.1) is 0 Å². The van der Waals surface area contributed by atoms with E-state index in [1.54, 1.807) is 6.92 Å². The molecule has 0 saturated carbocycles. The molecule has 1 rings (SSSR count). The second-order valence-corrected chi connectivity index (χ2v) is 3.49. The molecule has 0 radical (unpaired) electrons. The summed E-state index contributed by atoms with van der Waals surface area (Å²) < 4.78 is 4.94. The molecular weight excluding hydrogens is 152 g/mol. The fourth-order valence-corrected chi connectivity index (χ4v) is 1.23. The van der Waals surface area contributed by atoms with Crippen LogP contribution in [0.5, 0.6) is 0 Å². The van der Waals surface area contributed by atoms with Crippen LogP contribution in [0.1, 0.15) is 20.8 Å². The van der Waals surface area contributed by atoms with Crippen LogP contribution in [-0.2, 0) is 9.53 Å². The van der Waals surface area contributed by atoms with Crippen LogP contribution in [0, 0.1) is 5.92 Å². The third-order valence-electron chi connectivity index (χ3n) is 1.67. The molecule has 0 amide bonds. The van der Waals surface area contributed by atoms with E-state index in [1.165, 1.54) is 0 Å². The fourth-order valence-electron chi connectivity index (χ4n) is 0.875. The summed E-state index contributed by atoms with van der Waals surface area (Å²) in [6.45, 7) is 5.44. The van der Waals surface area contributed by atoms with Gasteiger partial charge in [0.2, 0.25) is 5.06 Å². The number of halogens is 1. The van der Waals surface area contributed by atoms with Gasteiger partial charge in [-0.3, -0.25) is 4.79 Å². The number of hydrogen-bond donors (Lipinski definition) is 0. The van der Waals surface area contributed by atoms with Crippen LogP contribution in [-0.4, -0.2) is 16.9 Å². The average molecular weight is 163 g/mol. The van der Waals surface area contributed by atoms with Gasteiger partial charge in [-0.2, -0.15) is 0 Å². The zero-order valence-electron chi connectivity index (χ0n) is 6.35. The maximum absolute atomic E-state index is 11.2. The highest BCUT2D eigenvalue weighted by Gasteiger charge is 2.58. The van der Waals surface area contributed by atoms with Crippen molar-refractivity contribution in [1.82, 2.24) is 0 Å². The Morgan fingerprint density at radius 1 is 1.70 bits per heavy atom. The molecule has 58 valence electrons. The van der Waals surface area contributed by atoms with Gasteiger partial charge in [-0.25, -0.2) is 0 Å². The first-order valence-corrected chi connectivity index (χ1v) is 3.77. The highest BCUT2D eigenvalue weighted by molar-refractivity contribution is 6.36. The van der Waals surface area contributed by atoms with E-state index in [9.17, 15) is 4.79 Å². The second kappa shape index (κ2) is 2.21. The maximum Gasteiger partial charge on any atom is 0.226 e. The van der Waals surface area contributed by atoms with Crippen LogP contribution in [0.25, 0.3) is 0 Å². The van der Waals surface area contributed by atoms with E-state index in [1.807, 2.05) is 13.8 Å². The summed E-state index contributed by atoms with van der Waals surface area (Å²) in [7, 11) is 0. The molecule has 0 aromatic rings. The first-order valence-electron chi connectivity index (χ1n) is 3.39. The lowest BCUT2D eigenvalue weighted by Gasteiger charge is -2.04. The van der Waals surface area contributed by atoms with Crippen molar-refractivity contribution in [3.8, 4) is 0 Å². The van der Waals surface area contributed by atoms with Crippen LogP contribution < -0.4 is 0 Å². The van der Waals surface area contributed by atoms with E-state index in [4.69, 9.17) is 16.3 Å². The standard InChI is InChI=1S/C7H11ClO2/c1-4(2)6(9)7(8)5(3)10-7/h4-5H,1-3H3. The van der Waals surface area contributed by atoms with E-state index in [-0.39, 0.29) is 17.8 Å². The van der Waals surface area contributed by atoms with Gasteiger partial charge in [-0.05, 0) is 6.92 Å². The van der Waals surface area contributed by atoms with Crippen LogP contribution >= 0.6 is 11.6 Å². The molecule has 3 heteroatoms. The number of alkyl halides is 1. The van der Waals surface area contributed by atoms with Gasteiger partial charge in [0.15, 0.2) is 5.78 Å². The molecule has 0 aromatic carbocycles. The maximum atomic E-state index is 11.2. The lowest BCUT2D eigenvalue weighted by atomic mass is 10.0. The van der Waals surface area contributed by atoms with Crippen molar-refractivity contribution < 1.29 is 9.53 Å². The van der Waals surface area contributed by atoms with E-state index in [0.717, 1.165) is 0 Å². The summed E-state index contributed by atoms with van der Waals surface area (Å²) in [5.74, 6) is -0.0517. The van der Waals surface area contributed by atoms with Crippen molar-refractivity contribution in [2.24, 2.45) is 5.92 Å². The zero-order chi connectivity index (χ0) is 7.94. The Hall–Kier alpha value is -0.0800. The average Bonchev–Trinajstić information content (AvgIpc) is 2.41. The predicted octanol–water partition coefficient (Wildman–Crippen LogP) is 1.57. The number of carbonyl (C=O) groups is 1. The molecule has 2 nitrogen and oxygen atoms in total. The topological polar surface area (TPSA) is 29.6 Å². The highest BCUT2D eigenvalue weighted by Crippen LogP contribution is 2.42. The molecule has 0 N–H and O–H groups in total. The van der Waals surface area contributed by atoms with E-state index in [2.05, 4.69) is 0 Å². The predicted molar refractivity (Wildman–Crippen MR) is 39.0 cm³/mol. The van der Waals surface area contributed by atoms with Crippen molar-refractivity contribution in [1.29, 1.82) is 0 Å². The minimum Gasteiger partial charge on any atom is -0.343 e. The fraction of sp³-hybridized carbons (Fsp3) is 0.857. The van der Waals surface area contributed by atoms with Gasteiger partial charge in [0, 0.05) is 5.92 Å². The summed E-state index contributed by atoms with van der Waals surface area (Å²) in [6, 6.07) is 0. The van der Waals surface area contributed by atoms with Gasteiger partial charge >= 0.3 is 0 Å². The smallest absolute Gasteiger partial charge is 0.226 e. The summed E-state index contributed by atoms with van der Waals surface area (Å²) in [5, 5.41) is -0.978. The molecule has 1 fully saturated rings. The Morgan fingerprint density at radius 2 is 2.10 bits per heavy atom. The lowest BCUT2D eigenvalue weighted by molar-refractivity contribution is -0.124. The third-order valence-corrected chi connectivity index (χ3v) is 2.26. The number of epoxide rings is 1. The number of rotatable bonds is 2. The molecule has 2 atom stereocenters. The molecule has 0 aromatic heterocycles. The summed E-state index contributed by atoms with van der Waals surface area (Å²) >= 11 is 5.77. The Balaban J connectivity index is 2.59. The normalized spacial score (nSPS) is 38.3. The third kappa shape index (κ3) is 1.06. The van der Waals surface area contributed by atoms with Gasteiger partial charge in [0.25, 0.3) is 0 Å². The van der Waals surface area contributed by atoms with Crippen LogP contribution in [0.15, 0.2) is 0 Å². The molecular formula is C7H11ClO2. The van der Waals surface area contributed by atoms with Gasteiger partial charge in [-0.1, -0.05) is 25.4 Å². The van der Waals surface area contributed by atoms with E-state index in [0.29, 0.717) is 0 Å². The van der Waals surface area contributed by atoms with E-state index < -0.39 is 5.06 Å². The number of hydrogen-bond acceptors (Lipinski definition) is 2. The molecule has 0 spiro atoms. The molecule has 0 aliphatic carbocycles. The second-order valence-electron chi connectivity index (χ2n) is 2.92. The van der Waals surface area contributed by atoms with E-state index >= 15 is 0 Å². The molecule has 10 heavy (non-hydrogen) atoms. The van der Waals surface area contributed by atoms with Crippen molar-refractivity contribution in [2.75, 3.05) is 0 Å². The van der Waals surface area contributed by atoms with Crippen molar-refractivity contribution >= 4 is 17.4 Å². The minimum absolute atomic E-state index is 0.0123. The number of Topliss-reactive ketones (excluding diaryl/α,β-unsaturated/α-hetero) is 1. The van der Waals surface area contributed by atoms with Crippen molar-refractivity contribution in [3.05, 3.63) is 0 Å². The SMILES string of the molecule is CC(C)C(=O)C1(Cl)OC1C. The highest BCUT2D eigenvalue weighted by atomic mass is 35.5. The minimum atomic E-state index is -0.978. The summed E-state index contributed by atoms with van der Waals surface area (Å²) in [6.07, 6.45) is -0.107. The molecule has 0 bridgehead atoms. The Bertz CT molecular complexity index is 167. The molecule has 1 saturated heterocycles. The zero-order valence-corrected chi connectivity index (χ0v) is 7.11. The number of carbonyl (C=O) groups excluding carboxylic acids is 1. The first-order chi connectivity index (χ1) is 4.48. The van der Waals surface area contributed by atoms with Crippen LogP contribution in [0.4, 0.5) is 0 Å². The van der Waals surface area contributed by atoms with Crippen molar-refractivity contribution in [2.45, 2.75) is 31.9 Å². The number of ketones is 1. The molecule has 1 aliphatic heterocycles. The molecule has 1 aliphatic rings. The van der Waals surface area contributed by atoms with Crippen LogP contribution in [0.3, 0.4) is 0 Å². The Kier molecular flexibility index (Phi) is 1.77. The van der Waals surface area contributed by atoms with Gasteiger partial charge < -0.3 is 4.74 Å². The Labute approximate surface area is 65.5 Å². The summed E-state index contributed by atoms with van der Waals surface area (Å²) in [4.78, 5) is 11.2. The van der Waals surface area contributed by atoms with Crippen molar-refractivity contribution in [3.63, 3.8) is 0 Å². The molecule has 1 heterocycles. The van der Waals surface area contributed by atoms with Crippen LogP contribution in [0.2, 0.25) is 0 Å². The number of ether oxygens (including phenoxy) is 1. The molecule has 2 unspecified atom stereocenters. The Morgan fingerprint density at radius 3 is 2.20 bits per heavy atom. The summed E-state index contributed by atoms with van der Waals surface area (Å²) in [5.41, 5.74) is 0. The largest absolute Gasteiger partial charge is 0.343 e.